The SMILES string of the molecule is O=c1cc(COc2cc(C3=CCCC=C3)cc(C3=CC=CCC3)c2)[nH][nH]1. The summed E-state index contributed by atoms with van der Waals surface area (Å²) in [5.41, 5.74) is 5.53. The van der Waals surface area contributed by atoms with E-state index in [2.05, 4.69) is 64.9 Å². The summed E-state index contributed by atoms with van der Waals surface area (Å²) in [5, 5.41) is 5.36. The Balaban J connectivity index is 1.66. The van der Waals surface area contributed by atoms with Gasteiger partial charge in [-0.3, -0.25) is 15.0 Å². The lowest BCUT2D eigenvalue weighted by atomic mass is 9.92. The highest BCUT2D eigenvalue weighted by Crippen LogP contribution is 2.32. The first kappa shape index (κ1) is 16.5. The van der Waals surface area contributed by atoms with E-state index in [4.69, 9.17) is 4.74 Å². The molecule has 2 aliphatic rings. The van der Waals surface area contributed by atoms with Gasteiger partial charge in [-0.1, -0.05) is 36.5 Å². The average Bonchev–Trinajstić information content (AvgIpc) is 3.13. The van der Waals surface area contributed by atoms with Crippen molar-refractivity contribution < 1.29 is 4.74 Å². The molecule has 4 nitrogen and oxygen atoms in total. The van der Waals surface area contributed by atoms with E-state index in [1.165, 1.54) is 28.3 Å². The normalized spacial score (nSPS) is 16.3. The Morgan fingerprint density at radius 2 is 1.88 bits per heavy atom. The van der Waals surface area contributed by atoms with Crippen molar-refractivity contribution in [2.45, 2.75) is 32.3 Å². The third-order valence-corrected chi connectivity index (χ3v) is 4.67. The van der Waals surface area contributed by atoms with Crippen molar-refractivity contribution in [3.63, 3.8) is 0 Å². The first-order valence-corrected chi connectivity index (χ1v) is 9.05. The molecule has 0 saturated heterocycles. The van der Waals surface area contributed by atoms with Crippen LogP contribution in [0.1, 0.15) is 42.5 Å². The lowest BCUT2D eigenvalue weighted by molar-refractivity contribution is 0.301. The number of hydrogen-bond acceptors (Lipinski definition) is 2. The fraction of sp³-hybridized carbons (Fsp3) is 0.227. The number of aromatic nitrogens is 2. The van der Waals surface area contributed by atoms with E-state index in [1.54, 1.807) is 0 Å². The molecule has 0 fully saturated rings. The number of ether oxygens (including phenoxy) is 1. The summed E-state index contributed by atoms with van der Waals surface area (Å²) in [6, 6.07) is 7.93. The molecule has 26 heavy (non-hydrogen) atoms. The molecule has 0 bridgehead atoms. The molecule has 1 aromatic carbocycles. The molecular formula is C22H22N2O2. The molecule has 2 N–H and O–H groups in total. The van der Waals surface area contributed by atoms with Crippen molar-refractivity contribution in [1.29, 1.82) is 0 Å². The first-order valence-electron chi connectivity index (χ1n) is 9.05. The van der Waals surface area contributed by atoms with Gasteiger partial charge in [0.25, 0.3) is 5.56 Å². The van der Waals surface area contributed by atoms with Crippen LogP contribution in [0.4, 0.5) is 0 Å². The van der Waals surface area contributed by atoms with Gasteiger partial charge < -0.3 is 4.74 Å². The highest BCUT2D eigenvalue weighted by atomic mass is 16.5. The van der Waals surface area contributed by atoms with Crippen LogP contribution in [0.15, 0.2) is 65.5 Å². The summed E-state index contributed by atoms with van der Waals surface area (Å²) >= 11 is 0. The average molecular weight is 346 g/mol. The standard InChI is InChI=1S/C22H22N2O2/c25-22-14-20(23-24-22)15-26-21-12-18(16-7-3-1-4-8-16)11-19(13-21)17-9-5-2-6-10-17/h1,3,5,7,9-14H,2,4,6,8,15H2,(H2,23,24,25). The van der Waals surface area contributed by atoms with Crippen molar-refractivity contribution >= 4 is 11.1 Å². The Hall–Kier alpha value is -3.01. The molecule has 132 valence electrons. The van der Waals surface area contributed by atoms with E-state index in [9.17, 15) is 4.79 Å². The van der Waals surface area contributed by atoms with E-state index < -0.39 is 0 Å². The highest BCUT2D eigenvalue weighted by molar-refractivity contribution is 5.79. The molecule has 2 aliphatic carbocycles. The minimum Gasteiger partial charge on any atom is -0.487 e. The zero-order valence-corrected chi connectivity index (χ0v) is 14.6. The third-order valence-electron chi connectivity index (χ3n) is 4.67. The van der Waals surface area contributed by atoms with Crippen LogP contribution in [0.25, 0.3) is 11.1 Å². The van der Waals surface area contributed by atoms with E-state index in [-0.39, 0.29) is 5.56 Å². The fourth-order valence-electron chi connectivity index (χ4n) is 3.32. The maximum absolute atomic E-state index is 11.3. The first-order chi connectivity index (χ1) is 12.8. The van der Waals surface area contributed by atoms with Gasteiger partial charge in [0.1, 0.15) is 12.4 Å². The van der Waals surface area contributed by atoms with Crippen LogP contribution in [-0.4, -0.2) is 10.2 Å². The molecule has 1 heterocycles. The van der Waals surface area contributed by atoms with Crippen molar-refractivity contribution in [2.24, 2.45) is 0 Å². The topological polar surface area (TPSA) is 57.9 Å². The van der Waals surface area contributed by atoms with Gasteiger partial charge in [-0.05, 0) is 66.2 Å². The number of aromatic amines is 2. The third kappa shape index (κ3) is 3.80. The molecule has 0 saturated carbocycles. The molecule has 4 heteroatoms. The van der Waals surface area contributed by atoms with Gasteiger partial charge in [-0.2, -0.15) is 0 Å². The Labute approximate surface area is 152 Å². The molecule has 0 radical (unpaired) electrons. The van der Waals surface area contributed by atoms with E-state index in [1.807, 2.05) is 0 Å². The van der Waals surface area contributed by atoms with Crippen LogP contribution in [-0.2, 0) is 6.61 Å². The Kier molecular flexibility index (Phi) is 4.73. The number of nitrogens with one attached hydrogen (secondary N) is 2. The second-order valence-electron chi connectivity index (χ2n) is 6.62. The molecule has 0 unspecified atom stereocenters. The highest BCUT2D eigenvalue weighted by Gasteiger charge is 2.11. The predicted octanol–water partition coefficient (Wildman–Crippen LogP) is 4.75. The largest absolute Gasteiger partial charge is 0.487 e. The molecule has 0 atom stereocenters. The Morgan fingerprint density at radius 3 is 2.62 bits per heavy atom. The summed E-state index contributed by atoms with van der Waals surface area (Å²) in [4.78, 5) is 11.3. The van der Waals surface area contributed by atoms with Crippen LogP contribution in [0.3, 0.4) is 0 Å². The summed E-state index contributed by atoms with van der Waals surface area (Å²) in [6.07, 6.45) is 17.5. The lowest BCUT2D eigenvalue weighted by Crippen LogP contribution is -1.99. The van der Waals surface area contributed by atoms with Crippen LogP contribution in [0.5, 0.6) is 5.75 Å². The van der Waals surface area contributed by atoms with Crippen LogP contribution < -0.4 is 10.3 Å². The summed E-state index contributed by atoms with van der Waals surface area (Å²) in [7, 11) is 0. The van der Waals surface area contributed by atoms with Gasteiger partial charge in [0, 0.05) is 6.07 Å². The zero-order valence-electron chi connectivity index (χ0n) is 14.6. The Morgan fingerprint density at radius 1 is 0.962 bits per heavy atom. The van der Waals surface area contributed by atoms with Crippen molar-refractivity contribution in [2.75, 3.05) is 0 Å². The van der Waals surface area contributed by atoms with Crippen LogP contribution in [0, 0.1) is 0 Å². The summed E-state index contributed by atoms with van der Waals surface area (Å²) < 4.78 is 5.98. The van der Waals surface area contributed by atoms with Gasteiger partial charge >= 0.3 is 0 Å². The molecule has 1 aromatic heterocycles. The smallest absolute Gasteiger partial charge is 0.264 e. The maximum atomic E-state index is 11.3. The molecule has 0 spiro atoms. The number of hydrogen-bond donors (Lipinski definition) is 2. The Bertz CT molecular complexity index is 970. The minimum absolute atomic E-state index is 0.144. The van der Waals surface area contributed by atoms with E-state index in [0.29, 0.717) is 6.61 Å². The molecule has 2 aromatic rings. The van der Waals surface area contributed by atoms with E-state index in [0.717, 1.165) is 37.1 Å². The number of allylic oxidation sites excluding steroid dienone is 8. The molecule has 0 aliphatic heterocycles. The molecule has 4 rings (SSSR count). The summed E-state index contributed by atoms with van der Waals surface area (Å²) in [5.74, 6) is 0.815. The van der Waals surface area contributed by atoms with Gasteiger partial charge in [0.05, 0.1) is 5.69 Å². The van der Waals surface area contributed by atoms with E-state index >= 15 is 0 Å². The monoisotopic (exact) mass is 346 g/mol. The second-order valence-corrected chi connectivity index (χ2v) is 6.62. The van der Waals surface area contributed by atoms with Crippen molar-refractivity contribution in [3.05, 3.63) is 87.9 Å². The number of benzene rings is 1. The minimum atomic E-state index is -0.144. The van der Waals surface area contributed by atoms with Crippen molar-refractivity contribution in [1.82, 2.24) is 10.2 Å². The lowest BCUT2D eigenvalue weighted by Gasteiger charge is -2.16. The van der Waals surface area contributed by atoms with Crippen LogP contribution >= 0.6 is 0 Å². The quantitative estimate of drug-likeness (QED) is 0.821. The van der Waals surface area contributed by atoms with Gasteiger partial charge in [-0.25, -0.2) is 0 Å². The molecular weight excluding hydrogens is 324 g/mol. The fourth-order valence-corrected chi connectivity index (χ4v) is 3.32. The van der Waals surface area contributed by atoms with Gasteiger partial charge in [-0.15, -0.1) is 0 Å². The van der Waals surface area contributed by atoms with Gasteiger partial charge in [0.2, 0.25) is 0 Å². The number of rotatable bonds is 5. The predicted molar refractivity (Wildman–Crippen MR) is 105 cm³/mol. The number of H-pyrrole nitrogens is 2. The molecule has 0 amide bonds. The van der Waals surface area contributed by atoms with Crippen molar-refractivity contribution in [3.8, 4) is 5.75 Å². The zero-order chi connectivity index (χ0) is 17.8. The van der Waals surface area contributed by atoms with Crippen LogP contribution in [0.2, 0.25) is 0 Å². The maximum Gasteiger partial charge on any atom is 0.264 e. The second kappa shape index (κ2) is 7.48. The summed E-state index contributed by atoms with van der Waals surface area (Å²) in [6.45, 7) is 0.329. The van der Waals surface area contributed by atoms with Gasteiger partial charge in [0.15, 0.2) is 0 Å².